The number of para-hydroxylation sites is 1. The highest BCUT2D eigenvalue weighted by atomic mass is 32.2. The van der Waals surface area contributed by atoms with Crippen LogP contribution in [0.5, 0.6) is 0 Å². The molecule has 1 fully saturated rings. The molecule has 1 aliphatic heterocycles. The van der Waals surface area contributed by atoms with Crippen LogP contribution in [0.1, 0.15) is 25.8 Å². The van der Waals surface area contributed by atoms with Gasteiger partial charge >= 0.3 is 15.5 Å². The Labute approximate surface area is 155 Å². The SMILES string of the molecule is CO/N=C1/C(=O)N(Cc2ccccc2NS(=O)(=O)C(F)(F)F)CCC1(C)C. The molecule has 1 aromatic rings. The Kier molecular flexibility index (Phi) is 5.74. The predicted molar refractivity (Wildman–Crippen MR) is 93.3 cm³/mol. The lowest BCUT2D eigenvalue weighted by Gasteiger charge is -2.37. The fraction of sp³-hybridized carbons (Fsp3) is 0.500. The molecule has 1 N–H and O–H groups in total. The van der Waals surface area contributed by atoms with E-state index in [1.165, 1.54) is 34.9 Å². The van der Waals surface area contributed by atoms with E-state index in [0.717, 1.165) is 0 Å². The van der Waals surface area contributed by atoms with Gasteiger partial charge in [-0.1, -0.05) is 37.2 Å². The van der Waals surface area contributed by atoms with Gasteiger partial charge in [0.1, 0.15) is 7.11 Å². The second kappa shape index (κ2) is 7.37. The van der Waals surface area contributed by atoms with E-state index >= 15 is 0 Å². The summed E-state index contributed by atoms with van der Waals surface area (Å²) in [5.74, 6) is -0.415. The minimum atomic E-state index is -5.56. The molecule has 0 bridgehead atoms. The zero-order valence-corrected chi connectivity index (χ0v) is 15.8. The maximum atomic E-state index is 12.7. The number of alkyl halides is 3. The van der Waals surface area contributed by atoms with Crippen molar-refractivity contribution in [1.82, 2.24) is 4.90 Å². The van der Waals surface area contributed by atoms with Crippen LogP contribution in [0.4, 0.5) is 18.9 Å². The number of nitrogens with zero attached hydrogens (tertiary/aromatic N) is 2. The van der Waals surface area contributed by atoms with Crippen LogP contribution in [0.3, 0.4) is 0 Å². The first-order valence-corrected chi connectivity index (χ1v) is 9.45. The van der Waals surface area contributed by atoms with Gasteiger partial charge in [0, 0.05) is 18.5 Å². The molecule has 0 spiro atoms. The summed E-state index contributed by atoms with van der Waals surface area (Å²) in [7, 11) is -4.25. The standard InChI is InChI=1S/C16H20F3N3O4S/c1-15(2)8-9-22(14(23)13(15)20-26-3)10-11-6-4-5-7-12(11)21-27(24,25)16(17,18)19/h4-7,21H,8-10H2,1-3H3/b20-13-. The van der Waals surface area contributed by atoms with Crippen molar-refractivity contribution >= 4 is 27.3 Å². The van der Waals surface area contributed by atoms with E-state index in [-0.39, 0.29) is 23.5 Å². The number of amides is 1. The molecule has 0 saturated carbocycles. The van der Waals surface area contributed by atoms with Crippen LogP contribution in [0.2, 0.25) is 0 Å². The fourth-order valence-corrected chi connectivity index (χ4v) is 3.25. The van der Waals surface area contributed by atoms with Crippen LogP contribution in [0.15, 0.2) is 29.4 Å². The smallest absolute Gasteiger partial charge is 0.399 e. The molecule has 1 aliphatic rings. The van der Waals surface area contributed by atoms with Crippen LogP contribution in [-0.2, 0) is 26.2 Å². The number of piperidine rings is 1. The molecular weight excluding hydrogens is 387 g/mol. The van der Waals surface area contributed by atoms with Gasteiger partial charge in [0.05, 0.1) is 5.69 Å². The average Bonchev–Trinajstić information content (AvgIpc) is 2.54. The Balaban J connectivity index is 2.29. The molecule has 1 amide bonds. The van der Waals surface area contributed by atoms with Crippen molar-refractivity contribution in [2.45, 2.75) is 32.3 Å². The molecule has 0 atom stereocenters. The van der Waals surface area contributed by atoms with Gasteiger partial charge in [-0.05, 0) is 18.1 Å². The molecule has 2 rings (SSSR count). The molecule has 1 aromatic carbocycles. The highest BCUT2D eigenvalue weighted by Gasteiger charge is 2.46. The lowest BCUT2D eigenvalue weighted by molar-refractivity contribution is -0.127. The first-order chi connectivity index (χ1) is 12.4. The number of carbonyl (C=O) groups is 1. The van der Waals surface area contributed by atoms with Gasteiger partial charge in [0.25, 0.3) is 5.91 Å². The largest absolute Gasteiger partial charge is 0.516 e. The topological polar surface area (TPSA) is 88.1 Å². The van der Waals surface area contributed by atoms with Crippen molar-refractivity contribution in [1.29, 1.82) is 0 Å². The number of sulfonamides is 1. The Morgan fingerprint density at radius 1 is 1.30 bits per heavy atom. The molecule has 1 saturated heterocycles. The van der Waals surface area contributed by atoms with E-state index < -0.39 is 26.9 Å². The molecule has 27 heavy (non-hydrogen) atoms. The van der Waals surface area contributed by atoms with E-state index in [0.29, 0.717) is 13.0 Å². The first kappa shape index (κ1) is 21.0. The highest BCUT2D eigenvalue weighted by Crippen LogP contribution is 2.31. The summed E-state index contributed by atoms with van der Waals surface area (Å²) in [5.41, 5.74) is -5.76. The minimum absolute atomic E-state index is 0.0752. The zero-order valence-electron chi connectivity index (χ0n) is 15.0. The normalized spacial score (nSPS) is 19.3. The predicted octanol–water partition coefficient (Wildman–Crippen LogP) is 2.71. The van der Waals surface area contributed by atoms with Crippen molar-refractivity contribution in [2.24, 2.45) is 10.6 Å². The summed E-state index contributed by atoms with van der Waals surface area (Å²) < 4.78 is 62.3. The first-order valence-electron chi connectivity index (χ1n) is 7.97. The van der Waals surface area contributed by atoms with Crippen LogP contribution < -0.4 is 4.72 Å². The van der Waals surface area contributed by atoms with Gasteiger partial charge < -0.3 is 9.74 Å². The number of rotatable bonds is 5. The number of oxime groups is 1. The number of likely N-dealkylation sites (tertiary alicyclic amines) is 1. The summed E-state index contributed by atoms with van der Waals surface area (Å²) >= 11 is 0. The minimum Gasteiger partial charge on any atom is -0.399 e. The second-order valence-corrected chi connectivity index (χ2v) is 8.37. The summed E-state index contributed by atoms with van der Waals surface area (Å²) in [6.07, 6.45) is 0.567. The highest BCUT2D eigenvalue weighted by molar-refractivity contribution is 7.93. The van der Waals surface area contributed by atoms with Crippen molar-refractivity contribution < 1.29 is 31.2 Å². The average molecular weight is 407 g/mol. The van der Waals surface area contributed by atoms with Crippen molar-refractivity contribution in [3.63, 3.8) is 0 Å². The van der Waals surface area contributed by atoms with Gasteiger partial charge in [-0.15, -0.1) is 0 Å². The molecular formula is C16H20F3N3O4S. The number of benzene rings is 1. The Morgan fingerprint density at radius 2 is 1.93 bits per heavy atom. The molecule has 0 aromatic heterocycles. The van der Waals surface area contributed by atoms with E-state index in [1.54, 1.807) is 6.07 Å². The van der Waals surface area contributed by atoms with Crippen LogP contribution >= 0.6 is 0 Å². The van der Waals surface area contributed by atoms with Crippen molar-refractivity contribution in [3.05, 3.63) is 29.8 Å². The third kappa shape index (κ3) is 4.52. The Hall–Kier alpha value is -2.30. The quantitative estimate of drug-likeness (QED) is 0.761. The molecule has 1 heterocycles. The van der Waals surface area contributed by atoms with Crippen molar-refractivity contribution in [3.8, 4) is 0 Å². The van der Waals surface area contributed by atoms with Crippen LogP contribution in [0, 0.1) is 5.41 Å². The number of hydrogen-bond donors (Lipinski definition) is 1. The molecule has 150 valence electrons. The number of anilines is 1. The van der Waals surface area contributed by atoms with Gasteiger partial charge in [-0.2, -0.15) is 21.6 Å². The number of hydrogen-bond acceptors (Lipinski definition) is 5. The van der Waals surface area contributed by atoms with E-state index in [2.05, 4.69) is 5.16 Å². The Bertz CT molecular complexity index is 851. The number of halogens is 3. The van der Waals surface area contributed by atoms with E-state index in [1.807, 2.05) is 13.8 Å². The summed E-state index contributed by atoms with van der Waals surface area (Å²) in [4.78, 5) is 18.8. The third-order valence-corrected chi connectivity index (χ3v) is 5.35. The van der Waals surface area contributed by atoms with Gasteiger partial charge in [0.15, 0.2) is 5.71 Å². The molecule has 0 radical (unpaired) electrons. The third-order valence-electron chi connectivity index (χ3n) is 4.25. The summed E-state index contributed by atoms with van der Waals surface area (Å²) in [5, 5.41) is 3.79. The van der Waals surface area contributed by atoms with Crippen LogP contribution in [-0.4, -0.2) is 44.1 Å². The molecule has 0 unspecified atom stereocenters. The number of carbonyl (C=O) groups excluding carboxylic acids is 1. The molecule has 0 aliphatic carbocycles. The molecule has 7 nitrogen and oxygen atoms in total. The Morgan fingerprint density at radius 3 is 2.52 bits per heavy atom. The van der Waals surface area contributed by atoms with Crippen LogP contribution in [0.25, 0.3) is 0 Å². The molecule has 11 heteroatoms. The lowest BCUT2D eigenvalue weighted by Crippen LogP contribution is -2.49. The van der Waals surface area contributed by atoms with Gasteiger partial charge in [-0.25, -0.2) is 0 Å². The van der Waals surface area contributed by atoms with E-state index in [9.17, 15) is 26.4 Å². The second-order valence-electron chi connectivity index (χ2n) is 6.69. The monoisotopic (exact) mass is 407 g/mol. The number of nitrogens with one attached hydrogen (secondary N) is 1. The summed E-state index contributed by atoms with van der Waals surface area (Å²) in [6.45, 7) is 3.94. The fourth-order valence-electron chi connectivity index (χ4n) is 2.64. The maximum Gasteiger partial charge on any atom is 0.516 e. The van der Waals surface area contributed by atoms with E-state index in [4.69, 9.17) is 4.84 Å². The van der Waals surface area contributed by atoms with Gasteiger partial charge in [-0.3, -0.25) is 9.52 Å². The lowest BCUT2D eigenvalue weighted by atomic mass is 9.80. The van der Waals surface area contributed by atoms with Crippen molar-refractivity contribution in [2.75, 3.05) is 18.4 Å². The summed E-state index contributed by atoms with van der Waals surface area (Å²) in [6, 6.07) is 5.61. The van der Waals surface area contributed by atoms with Gasteiger partial charge in [0.2, 0.25) is 0 Å². The zero-order chi connectivity index (χ0) is 20.5. The maximum absolute atomic E-state index is 12.7.